The third kappa shape index (κ3) is 5.90. The van der Waals surface area contributed by atoms with E-state index in [0.717, 1.165) is 11.3 Å². The Labute approximate surface area is 183 Å². The fourth-order valence-electron chi connectivity index (χ4n) is 3.77. The van der Waals surface area contributed by atoms with Crippen LogP contribution in [0, 0.1) is 5.92 Å². The van der Waals surface area contributed by atoms with Gasteiger partial charge in [-0.2, -0.15) is 0 Å². The van der Waals surface area contributed by atoms with Gasteiger partial charge in [-0.1, -0.05) is 24.3 Å². The van der Waals surface area contributed by atoms with E-state index in [0.29, 0.717) is 44.1 Å². The first-order valence-corrected chi connectivity index (χ1v) is 10.5. The third-order valence-corrected chi connectivity index (χ3v) is 5.65. The number of anilines is 1. The van der Waals surface area contributed by atoms with Crippen LogP contribution < -0.4 is 19.7 Å². The number of carbonyl (C=O) groups excluding carboxylic acids is 2. The molecule has 2 amide bonds. The summed E-state index contributed by atoms with van der Waals surface area (Å²) in [5.41, 5.74) is 2.16. The number of para-hydroxylation sites is 1. The number of ether oxygens (including phenoxy) is 2. The Morgan fingerprint density at radius 2 is 1.87 bits per heavy atom. The van der Waals surface area contributed by atoms with Gasteiger partial charge in [0.15, 0.2) is 11.5 Å². The van der Waals surface area contributed by atoms with Gasteiger partial charge in [0, 0.05) is 45.3 Å². The maximum atomic E-state index is 12.5. The zero-order valence-corrected chi connectivity index (χ0v) is 18.5. The molecule has 3 rings (SSSR count). The first kappa shape index (κ1) is 22.5. The minimum Gasteiger partial charge on any atom is -0.493 e. The number of likely N-dealkylation sites (tertiary alicyclic amines) is 1. The molecule has 0 aromatic heterocycles. The minimum atomic E-state index is -0.292. The average molecular weight is 426 g/mol. The molecule has 31 heavy (non-hydrogen) atoms. The van der Waals surface area contributed by atoms with E-state index >= 15 is 0 Å². The van der Waals surface area contributed by atoms with E-state index in [1.54, 1.807) is 19.1 Å². The second-order valence-electron chi connectivity index (χ2n) is 7.73. The van der Waals surface area contributed by atoms with E-state index in [4.69, 9.17) is 9.47 Å². The zero-order chi connectivity index (χ0) is 22.2. The summed E-state index contributed by atoms with van der Waals surface area (Å²) in [6.07, 6.45) is 0.967. The summed E-state index contributed by atoms with van der Waals surface area (Å²) in [5, 5.41) is 2.98. The summed E-state index contributed by atoms with van der Waals surface area (Å²) in [6, 6.07) is 15.8. The van der Waals surface area contributed by atoms with Crippen molar-refractivity contribution < 1.29 is 19.1 Å². The number of hydrogen-bond donors (Lipinski definition) is 1. The molecule has 1 heterocycles. The Bertz CT molecular complexity index is 888. The Balaban J connectivity index is 1.44. The van der Waals surface area contributed by atoms with Crippen molar-refractivity contribution >= 4 is 17.5 Å². The highest BCUT2D eigenvalue weighted by atomic mass is 16.5. The molecule has 1 N–H and O–H groups in total. The molecule has 1 aliphatic rings. The van der Waals surface area contributed by atoms with Gasteiger partial charge in [0.1, 0.15) is 0 Å². The number of nitrogens with one attached hydrogen (secondary N) is 1. The Morgan fingerprint density at radius 1 is 1.13 bits per heavy atom. The Hall–Kier alpha value is -3.22. The normalized spacial score (nSPS) is 15.6. The second-order valence-corrected chi connectivity index (χ2v) is 7.73. The largest absolute Gasteiger partial charge is 0.493 e. The van der Waals surface area contributed by atoms with Gasteiger partial charge in [0.05, 0.1) is 20.1 Å². The second kappa shape index (κ2) is 10.7. The van der Waals surface area contributed by atoms with Gasteiger partial charge >= 0.3 is 0 Å². The fraction of sp³-hybridized carbons (Fsp3) is 0.417. The molecule has 1 unspecified atom stereocenters. The van der Waals surface area contributed by atoms with Crippen LogP contribution in [-0.2, 0) is 16.0 Å². The summed E-state index contributed by atoms with van der Waals surface area (Å²) in [6.45, 7) is 2.29. The smallest absolute Gasteiger partial charge is 0.225 e. The molecule has 0 radical (unpaired) electrons. The van der Waals surface area contributed by atoms with Crippen LogP contribution >= 0.6 is 0 Å². The van der Waals surface area contributed by atoms with Gasteiger partial charge in [-0.05, 0) is 36.2 Å². The maximum absolute atomic E-state index is 12.5. The molecular weight excluding hydrogens is 394 g/mol. The Morgan fingerprint density at radius 3 is 2.58 bits per heavy atom. The summed E-state index contributed by atoms with van der Waals surface area (Å²) >= 11 is 0. The number of likely N-dealkylation sites (N-methyl/N-ethyl adjacent to an activating group) is 1. The highest BCUT2D eigenvalue weighted by molar-refractivity contribution is 5.89. The van der Waals surface area contributed by atoms with Crippen molar-refractivity contribution in [3.63, 3.8) is 0 Å². The average Bonchev–Trinajstić information content (AvgIpc) is 3.18. The molecule has 1 saturated heterocycles. The Kier molecular flexibility index (Phi) is 7.76. The molecule has 0 saturated carbocycles. The van der Waals surface area contributed by atoms with Crippen molar-refractivity contribution in [3.05, 3.63) is 54.1 Å². The van der Waals surface area contributed by atoms with Gasteiger partial charge in [-0.15, -0.1) is 0 Å². The van der Waals surface area contributed by atoms with Crippen LogP contribution in [0.25, 0.3) is 0 Å². The number of benzene rings is 2. The van der Waals surface area contributed by atoms with Crippen LogP contribution in [0.15, 0.2) is 48.5 Å². The van der Waals surface area contributed by atoms with Crippen LogP contribution in [0.4, 0.5) is 5.69 Å². The van der Waals surface area contributed by atoms with Crippen molar-refractivity contribution in [3.8, 4) is 11.5 Å². The fourth-order valence-corrected chi connectivity index (χ4v) is 3.77. The number of methoxy groups -OCH3 is 2. The molecule has 2 aromatic carbocycles. The van der Waals surface area contributed by atoms with Crippen LogP contribution in [0.2, 0.25) is 0 Å². The quantitative estimate of drug-likeness (QED) is 0.633. The predicted octanol–water partition coefficient (Wildman–Crippen LogP) is 2.35. The van der Waals surface area contributed by atoms with Crippen LogP contribution in [0.5, 0.6) is 11.5 Å². The first-order chi connectivity index (χ1) is 15.0. The maximum Gasteiger partial charge on any atom is 0.225 e. The van der Waals surface area contributed by atoms with E-state index in [1.807, 2.05) is 55.6 Å². The van der Waals surface area contributed by atoms with E-state index in [-0.39, 0.29) is 24.2 Å². The van der Waals surface area contributed by atoms with Crippen LogP contribution in [-0.4, -0.2) is 64.2 Å². The number of nitrogens with zero attached hydrogens (tertiary/aromatic N) is 2. The molecule has 7 heteroatoms. The monoisotopic (exact) mass is 425 g/mol. The van der Waals surface area contributed by atoms with Gasteiger partial charge in [0.2, 0.25) is 11.8 Å². The number of rotatable bonds is 10. The van der Waals surface area contributed by atoms with E-state index in [1.165, 1.54) is 0 Å². The molecule has 1 aliphatic heterocycles. The molecule has 1 atom stereocenters. The zero-order valence-electron chi connectivity index (χ0n) is 18.5. The molecule has 7 nitrogen and oxygen atoms in total. The SMILES string of the molecule is COc1ccc(CCN2CC(C(=O)NCCN(C)c3ccccc3)CC2=O)cc1OC. The standard InChI is InChI=1S/C24H31N3O4/c1-26(20-7-5-4-6-8-20)14-12-25-24(29)19-16-23(28)27(17-19)13-11-18-9-10-21(30-2)22(15-18)31-3/h4-10,15,19H,11-14,16-17H2,1-3H3,(H,25,29). The summed E-state index contributed by atoms with van der Waals surface area (Å²) in [5.74, 6) is 1.04. The van der Waals surface area contributed by atoms with Crippen molar-refractivity contribution in [1.29, 1.82) is 0 Å². The van der Waals surface area contributed by atoms with Gasteiger partial charge in [0.25, 0.3) is 0 Å². The van der Waals surface area contributed by atoms with E-state index in [9.17, 15) is 9.59 Å². The highest BCUT2D eigenvalue weighted by Crippen LogP contribution is 2.28. The van der Waals surface area contributed by atoms with E-state index in [2.05, 4.69) is 10.2 Å². The van der Waals surface area contributed by atoms with Crippen molar-refractivity contribution in [1.82, 2.24) is 10.2 Å². The summed E-state index contributed by atoms with van der Waals surface area (Å²) < 4.78 is 10.6. The molecular formula is C24H31N3O4. The van der Waals surface area contributed by atoms with Crippen molar-refractivity contribution in [2.45, 2.75) is 12.8 Å². The number of amides is 2. The molecule has 0 aliphatic carbocycles. The van der Waals surface area contributed by atoms with Crippen molar-refractivity contribution in [2.75, 3.05) is 52.3 Å². The molecule has 166 valence electrons. The lowest BCUT2D eigenvalue weighted by molar-refractivity contribution is -0.129. The lowest BCUT2D eigenvalue weighted by Gasteiger charge is -2.20. The number of hydrogen-bond acceptors (Lipinski definition) is 5. The lowest BCUT2D eigenvalue weighted by atomic mass is 10.1. The molecule has 0 spiro atoms. The van der Waals surface area contributed by atoms with Crippen LogP contribution in [0.1, 0.15) is 12.0 Å². The highest BCUT2D eigenvalue weighted by Gasteiger charge is 2.33. The minimum absolute atomic E-state index is 0.0297. The molecule has 1 fully saturated rings. The summed E-state index contributed by atoms with van der Waals surface area (Å²) in [4.78, 5) is 28.8. The first-order valence-electron chi connectivity index (χ1n) is 10.5. The van der Waals surface area contributed by atoms with Gasteiger partial charge < -0.3 is 24.6 Å². The van der Waals surface area contributed by atoms with E-state index < -0.39 is 0 Å². The van der Waals surface area contributed by atoms with Gasteiger partial charge in [-0.25, -0.2) is 0 Å². The van der Waals surface area contributed by atoms with Gasteiger partial charge in [-0.3, -0.25) is 9.59 Å². The predicted molar refractivity (Wildman–Crippen MR) is 121 cm³/mol. The lowest BCUT2D eigenvalue weighted by Crippen LogP contribution is -2.37. The third-order valence-electron chi connectivity index (χ3n) is 5.65. The molecule has 0 bridgehead atoms. The number of carbonyl (C=O) groups is 2. The van der Waals surface area contributed by atoms with Crippen LogP contribution in [0.3, 0.4) is 0 Å². The topological polar surface area (TPSA) is 71.1 Å². The van der Waals surface area contributed by atoms with Crippen molar-refractivity contribution in [2.24, 2.45) is 5.92 Å². The summed E-state index contributed by atoms with van der Waals surface area (Å²) in [7, 11) is 5.20. The molecule has 2 aromatic rings.